The van der Waals surface area contributed by atoms with E-state index in [1.165, 1.54) is 0 Å². The first-order valence-electron chi connectivity index (χ1n) is 7.19. The van der Waals surface area contributed by atoms with Crippen molar-refractivity contribution in [3.63, 3.8) is 0 Å². The summed E-state index contributed by atoms with van der Waals surface area (Å²) in [5.41, 5.74) is 1.63. The number of hydrogen-bond acceptors (Lipinski definition) is 3. The van der Waals surface area contributed by atoms with Crippen LogP contribution in [0.5, 0.6) is 5.75 Å². The third-order valence-electron chi connectivity index (χ3n) is 2.89. The zero-order valence-corrected chi connectivity index (χ0v) is 14.0. The van der Waals surface area contributed by atoms with E-state index >= 15 is 0 Å². The Morgan fingerprint density at radius 1 is 1.14 bits per heavy atom. The van der Waals surface area contributed by atoms with Gasteiger partial charge in [-0.25, -0.2) is 0 Å². The van der Waals surface area contributed by atoms with Gasteiger partial charge in [0.1, 0.15) is 5.75 Å². The number of carbonyl (C=O) groups excluding carboxylic acids is 1. The van der Waals surface area contributed by atoms with Crippen LogP contribution in [0, 0.1) is 0 Å². The van der Waals surface area contributed by atoms with Crippen molar-refractivity contribution in [2.45, 2.75) is 13.3 Å². The molecule has 0 saturated heterocycles. The predicted molar refractivity (Wildman–Crippen MR) is 93.5 cm³/mol. The van der Waals surface area contributed by atoms with Crippen LogP contribution in [-0.4, -0.2) is 19.1 Å². The number of amides is 1. The molecule has 0 saturated carbocycles. The molecule has 0 aliphatic carbocycles. The SMILES string of the molecule is CCCOc1cccc(NCC(=O)Nc2ccc(Br)cc2)c1. The first-order chi connectivity index (χ1) is 10.7. The van der Waals surface area contributed by atoms with Gasteiger partial charge in [0.2, 0.25) is 5.91 Å². The standard InChI is InChI=1S/C17H19BrN2O2/c1-2-10-22-16-5-3-4-15(11-16)19-12-17(21)20-14-8-6-13(18)7-9-14/h3-9,11,19H,2,10,12H2,1H3,(H,20,21). The number of ether oxygens (including phenoxy) is 1. The van der Waals surface area contributed by atoms with Gasteiger partial charge in [-0.05, 0) is 42.8 Å². The quantitative estimate of drug-likeness (QED) is 0.772. The Kier molecular flexibility index (Phi) is 6.27. The first kappa shape index (κ1) is 16.4. The van der Waals surface area contributed by atoms with Crippen LogP contribution in [0.3, 0.4) is 0 Å². The van der Waals surface area contributed by atoms with Crippen molar-refractivity contribution in [2.24, 2.45) is 0 Å². The van der Waals surface area contributed by atoms with Crippen molar-refractivity contribution in [3.05, 3.63) is 53.0 Å². The van der Waals surface area contributed by atoms with Gasteiger partial charge < -0.3 is 15.4 Å². The number of benzene rings is 2. The van der Waals surface area contributed by atoms with E-state index in [4.69, 9.17) is 4.74 Å². The largest absolute Gasteiger partial charge is 0.494 e. The van der Waals surface area contributed by atoms with Crippen LogP contribution in [0.25, 0.3) is 0 Å². The van der Waals surface area contributed by atoms with Gasteiger partial charge in [-0.2, -0.15) is 0 Å². The molecule has 116 valence electrons. The molecule has 0 aromatic heterocycles. The van der Waals surface area contributed by atoms with Gasteiger partial charge in [0.15, 0.2) is 0 Å². The highest BCUT2D eigenvalue weighted by molar-refractivity contribution is 9.10. The maximum Gasteiger partial charge on any atom is 0.243 e. The van der Waals surface area contributed by atoms with Crippen molar-refractivity contribution in [3.8, 4) is 5.75 Å². The summed E-state index contributed by atoms with van der Waals surface area (Å²) >= 11 is 3.36. The van der Waals surface area contributed by atoms with E-state index < -0.39 is 0 Å². The molecule has 0 atom stereocenters. The lowest BCUT2D eigenvalue weighted by molar-refractivity contribution is -0.114. The maximum absolute atomic E-state index is 11.9. The Morgan fingerprint density at radius 3 is 2.64 bits per heavy atom. The molecular formula is C17H19BrN2O2. The Bertz CT molecular complexity index is 614. The molecule has 0 aliphatic heterocycles. The fourth-order valence-corrected chi connectivity index (χ4v) is 2.10. The average Bonchev–Trinajstić information content (AvgIpc) is 2.53. The number of halogens is 1. The minimum absolute atomic E-state index is 0.0952. The van der Waals surface area contributed by atoms with Crippen molar-refractivity contribution in [1.29, 1.82) is 0 Å². The molecule has 0 aliphatic rings. The Hall–Kier alpha value is -2.01. The van der Waals surface area contributed by atoms with Gasteiger partial charge in [-0.15, -0.1) is 0 Å². The number of nitrogens with one attached hydrogen (secondary N) is 2. The summed E-state index contributed by atoms with van der Waals surface area (Å²) in [4.78, 5) is 11.9. The van der Waals surface area contributed by atoms with Crippen LogP contribution in [-0.2, 0) is 4.79 Å². The zero-order chi connectivity index (χ0) is 15.8. The molecule has 22 heavy (non-hydrogen) atoms. The van der Waals surface area contributed by atoms with Gasteiger partial charge in [0.25, 0.3) is 0 Å². The summed E-state index contributed by atoms with van der Waals surface area (Å²) in [6.45, 7) is 2.95. The minimum Gasteiger partial charge on any atom is -0.494 e. The number of carbonyl (C=O) groups is 1. The molecule has 2 N–H and O–H groups in total. The fourth-order valence-electron chi connectivity index (χ4n) is 1.84. The second-order valence-corrected chi connectivity index (χ2v) is 5.70. The summed E-state index contributed by atoms with van der Waals surface area (Å²) in [7, 11) is 0. The summed E-state index contributed by atoms with van der Waals surface area (Å²) in [5.74, 6) is 0.711. The van der Waals surface area contributed by atoms with Crippen LogP contribution < -0.4 is 15.4 Å². The maximum atomic E-state index is 11.9. The Labute approximate surface area is 139 Å². The number of anilines is 2. The normalized spacial score (nSPS) is 10.1. The van der Waals surface area contributed by atoms with Gasteiger partial charge in [-0.1, -0.05) is 28.9 Å². The molecule has 1 amide bonds. The smallest absolute Gasteiger partial charge is 0.243 e. The molecule has 2 aromatic carbocycles. The molecule has 0 fully saturated rings. The van der Waals surface area contributed by atoms with Crippen molar-refractivity contribution in [1.82, 2.24) is 0 Å². The highest BCUT2D eigenvalue weighted by Crippen LogP contribution is 2.17. The predicted octanol–water partition coefficient (Wildman–Crippen LogP) is 4.29. The summed E-state index contributed by atoms with van der Waals surface area (Å²) in [5, 5.41) is 5.93. The molecule has 0 spiro atoms. The van der Waals surface area contributed by atoms with Crippen LogP contribution in [0.1, 0.15) is 13.3 Å². The highest BCUT2D eigenvalue weighted by atomic mass is 79.9. The van der Waals surface area contributed by atoms with Crippen molar-refractivity contribution in [2.75, 3.05) is 23.8 Å². The molecule has 0 heterocycles. The van der Waals surface area contributed by atoms with Crippen molar-refractivity contribution < 1.29 is 9.53 Å². The molecule has 4 nitrogen and oxygen atoms in total. The number of hydrogen-bond donors (Lipinski definition) is 2. The van der Waals surface area contributed by atoms with E-state index in [-0.39, 0.29) is 12.5 Å². The van der Waals surface area contributed by atoms with E-state index in [0.717, 1.165) is 28.0 Å². The van der Waals surface area contributed by atoms with Crippen LogP contribution in [0.2, 0.25) is 0 Å². The van der Waals surface area contributed by atoms with Crippen LogP contribution in [0.15, 0.2) is 53.0 Å². The molecule has 0 bridgehead atoms. The first-order valence-corrected chi connectivity index (χ1v) is 7.99. The van der Waals surface area contributed by atoms with Crippen LogP contribution in [0.4, 0.5) is 11.4 Å². The molecule has 2 rings (SSSR count). The van der Waals surface area contributed by atoms with E-state index in [1.807, 2.05) is 48.5 Å². The molecule has 5 heteroatoms. The molecule has 0 radical (unpaired) electrons. The summed E-state index contributed by atoms with van der Waals surface area (Å²) in [6.07, 6.45) is 0.966. The number of rotatable bonds is 7. The van der Waals surface area contributed by atoms with E-state index in [2.05, 4.69) is 33.5 Å². The van der Waals surface area contributed by atoms with Gasteiger partial charge >= 0.3 is 0 Å². The van der Waals surface area contributed by atoms with Gasteiger partial charge in [0.05, 0.1) is 13.2 Å². The molecular weight excluding hydrogens is 344 g/mol. The third kappa shape index (κ3) is 5.41. The zero-order valence-electron chi connectivity index (χ0n) is 12.4. The second kappa shape index (κ2) is 8.44. The van der Waals surface area contributed by atoms with Crippen molar-refractivity contribution >= 4 is 33.2 Å². The van der Waals surface area contributed by atoms with E-state index in [0.29, 0.717) is 6.61 Å². The lowest BCUT2D eigenvalue weighted by Crippen LogP contribution is -2.21. The van der Waals surface area contributed by atoms with E-state index in [1.54, 1.807) is 0 Å². The summed E-state index contributed by atoms with van der Waals surface area (Å²) in [6, 6.07) is 15.1. The van der Waals surface area contributed by atoms with E-state index in [9.17, 15) is 4.79 Å². The Morgan fingerprint density at radius 2 is 1.91 bits per heavy atom. The average molecular weight is 363 g/mol. The fraction of sp³-hybridized carbons (Fsp3) is 0.235. The monoisotopic (exact) mass is 362 g/mol. The lowest BCUT2D eigenvalue weighted by Gasteiger charge is -2.10. The van der Waals surface area contributed by atoms with Crippen LogP contribution >= 0.6 is 15.9 Å². The molecule has 0 unspecified atom stereocenters. The highest BCUT2D eigenvalue weighted by Gasteiger charge is 2.03. The minimum atomic E-state index is -0.0952. The molecule has 2 aromatic rings. The summed E-state index contributed by atoms with van der Waals surface area (Å²) < 4.78 is 6.54. The van der Waals surface area contributed by atoms with Gasteiger partial charge in [0, 0.05) is 21.9 Å². The topological polar surface area (TPSA) is 50.4 Å². The lowest BCUT2D eigenvalue weighted by atomic mass is 10.3. The second-order valence-electron chi connectivity index (χ2n) is 4.78. The third-order valence-corrected chi connectivity index (χ3v) is 3.42. The van der Waals surface area contributed by atoms with Gasteiger partial charge in [-0.3, -0.25) is 4.79 Å². The Balaban J connectivity index is 1.84.